The largest absolute Gasteiger partial charge is 0.404 e. The summed E-state index contributed by atoms with van der Waals surface area (Å²) in [5.74, 6) is 0. The molecule has 4 nitrogen and oxygen atoms in total. The zero-order valence-electron chi connectivity index (χ0n) is 23.4. The Morgan fingerprint density at radius 3 is 2.15 bits per heavy atom. The van der Waals surface area contributed by atoms with E-state index >= 15 is 0 Å². The molecule has 0 amide bonds. The van der Waals surface area contributed by atoms with Crippen molar-refractivity contribution in [2.45, 2.75) is 47.7 Å². The van der Waals surface area contributed by atoms with E-state index in [1.807, 2.05) is 44.2 Å². The summed E-state index contributed by atoms with van der Waals surface area (Å²) < 4.78 is 13.3. The summed E-state index contributed by atoms with van der Waals surface area (Å²) in [7, 11) is 0. The molecule has 0 aliphatic rings. The minimum Gasteiger partial charge on any atom is -0.404 e. The monoisotopic (exact) mass is 540 g/mol. The fraction of sp³-hybridized carbons (Fsp3) is 0.212. The van der Waals surface area contributed by atoms with Gasteiger partial charge in [-0.2, -0.15) is 3.89 Å². The lowest BCUT2D eigenvalue weighted by Crippen LogP contribution is -2.12. The van der Waals surface area contributed by atoms with Crippen LogP contribution in [0.25, 0.3) is 11.4 Å². The SMILES string of the molecule is C=C(NCc1ccc(CN=C(C)\C=C(/N=C(C)\C(=C/N)SF)c2ccccc2C)cc1)c1c(C)cccc1C. The van der Waals surface area contributed by atoms with Crippen LogP contribution in [0.1, 0.15) is 52.8 Å². The van der Waals surface area contributed by atoms with Crippen LogP contribution in [0.15, 0.2) is 100 Å². The molecule has 0 aliphatic heterocycles. The Hall–Kier alpha value is -3.90. The molecule has 0 fully saturated rings. The fourth-order valence-corrected chi connectivity index (χ4v) is 4.49. The van der Waals surface area contributed by atoms with E-state index < -0.39 is 0 Å². The second kappa shape index (κ2) is 14.3. The van der Waals surface area contributed by atoms with Crippen molar-refractivity contribution in [2.24, 2.45) is 15.7 Å². The summed E-state index contributed by atoms with van der Waals surface area (Å²) >= 11 is 0.0903. The van der Waals surface area contributed by atoms with Gasteiger partial charge in [0.2, 0.25) is 0 Å². The number of allylic oxidation sites excluding steroid dienone is 2. The summed E-state index contributed by atoms with van der Waals surface area (Å²) in [4.78, 5) is 9.75. The van der Waals surface area contributed by atoms with Crippen molar-refractivity contribution in [3.8, 4) is 0 Å². The maximum Gasteiger partial charge on any atom is 0.0846 e. The Morgan fingerprint density at radius 2 is 1.54 bits per heavy atom. The molecular formula is C33H37FN4S. The van der Waals surface area contributed by atoms with Gasteiger partial charge in [-0.25, -0.2) is 0 Å². The number of aryl methyl sites for hydroxylation is 3. The molecule has 0 saturated heterocycles. The first-order chi connectivity index (χ1) is 18.7. The van der Waals surface area contributed by atoms with Crippen LogP contribution in [0.3, 0.4) is 0 Å². The number of aliphatic imine (C=N–C) groups is 2. The standard InChI is InChI=1S/C33H37FN4S/c1-22-10-7-8-13-30(22)31(38-26(5)32(19-35)39-34)18-25(4)36-20-28-14-16-29(17-15-28)21-37-27(6)33-23(2)11-9-12-24(33)3/h7-19,37H,6,20-21,35H2,1-5H3/b31-18-,32-19+,36-25?,38-26-. The highest BCUT2D eigenvalue weighted by atomic mass is 32.2. The van der Waals surface area contributed by atoms with Crippen molar-refractivity contribution >= 4 is 35.0 Å². The molecule has 0 aromatic heterocycles. The van der Waals surface area contributed by atoms with Gasteiger partial charge in [-0.05, 0) is 68.5 Å². The highest BCUT2D eigenvalue weighted by molar-refractivity contribution is 7.99. The van der Waals surface area contributed by atoms with Gasteiger partial charge in [-0.3, -0.25) is 9.98 Å². The van der Waals surface area contributed by atoms with Crippen molar-refractivity contribution in [2.75, 3.05) is 0 Å². The Morgan fingerprint density at radius 1 is 0.923 bits per heavy atom. The zero-order valence-corrected chi connectivity index (χ0v) is 24.2. The molecule has 0 heterocycles. The Labute approximate surface area is 236 Å². The van der Waals surface area contributed by atoms with Gasteiger partial charge in [-0.15, -0.1) is 0 Å². The Kier molecular flexibility index (Phi) is 10.9. The molecule has 0 unspecified atom stereocenters. The van der Waals surface area contributed by atoms with Crippen LogP contribution in [-0.2, 0) is 13.1 Å². The molecule has 0 atom stereocenters. The van der Waals surface area contributed by atoms with Crippen LogP contribution < -0.4 is 11.1 Å². The molecule has 0 spiro atoms. The summed E-state index contributed by atoms with van der Waals surface area (Å²) in [6.45, 7) is 15.4. The number of rotatable bonds is 11. The van der Waals surface area contributed by atoms with Gasteiger partial charge in [0.05, 0.1) is 35.0 Å². The van der Waals surface area contributed by atoms with Crippen LogP contribution >= 0.6 is 12.1 Å². The smallest absolute Gasteiger partial charge is 0.0846 e. The lowest BCUT2D eigenvalue weighted by atomic mass is 10.0. The van der Waals surface area contributed by atoms with E-state index in [1.54, 1.807) is 6.92 Å². The van der Waals surface area contributed by atoms with Gasteiger partial charge >= 0.3 is 0 Å². The molecule has 202 valence electrons. The van der Waals surface area contributed by atoms with Gasteiger partial charge in [-0.1, -0.05) is 73.3 Å². The lowest BCUT2D eigenvalue weighted by Gasteiger charge is -2.15. The predicted molar refractivity (Wildman–Crippen MR) is 168 cm³/mol. The molecular weight excluding hydrogens is 503 g/mol. The first-order valence-electron chi connectivity index (χ1n) is 12.9. The van der Waals surface area contributed by atoms with Crippen molar-refractivity contribution in [1.29, 1.82) is 0 Å². The minimum absolute atomic E-state index is 0.0903. The predicted octanol–water partition coefficient (Wildman–Crippen LogP) is 8.25. The summed E-state index contributed by atoms with van der Waals surface area (Å²) in [6, 6.07) is 22.7. The summed E-state index contributed by atoms with van der Waals surface area (Å²) in [5, 5.41) is 3.46. The second-order valence-electron chi connectivity index (χ2n) is 9.52. The molecule has 39 heavy (non-hydrogen) atoms. The molecule has 3 N–H and O–H groups in total. The third-order valence-corrected chi connectivity index (χ3v) is 7.07. The Balaban J connectivity index is 1.72. The van der Waals surface area contributed by atoms with Crippen LogP contribution in [0.5, 0.6) is 0 Å². The van der Waals surface area contributed by atoms with E-state index in [0.717, 1.165) is 28.1 Å². The van der Waals surface area contributed by atoms with Gasteiger partial charge in [0, 0.05) is 35.3 Å². The van der Waals surface area contributed by atoms with Gasteiger partial charge < -0.3 is 11.1 Å². The molecule has 3 rings (SSSR count). The topological polar surface area (TPSA) is 62.8 Å². The average Bonchev–Trinajstić information content (AvgIpc) is 2.92. The number of hydrogen-bond acceptors (Lipinski definition) is 5. The molecule has 3 aromatic carbocycles. The van der Waals surface area contributed by atoms with Crippen molar-refractivity contribution in [3.05, 3.63) is 129 Å². The number of halogens is 1. The number of nitrogens with zero attached hydrogens (tertiary/aromatic N) is 2. The Bertz CT molecular complexity index is 1410. The quantitative estimate of drug-likeness (QED) is 0.241. The molecule has 0 radical (unpaired) electrons. The minimum atomic E-state index is 0.0903. The molecule has 0 bridgehead atoms. The highest BCUT2D eigenvalue weighted by Crippen LogP contribution is 2.24. The molecule has 0 saturated carbocycles. The van der Waals surface area contributed by atoms with Crippen LogP contribution in [0.4, 0.5) is 3.89 Å². The van der Waals surface area contributed by atoms with Gasteiger partial charge in [0.15, 0.2) is 0 Å². The first-order valence-corrected chi connectivity index (χ1v) is 13.6. The first kappa shape index (κ1) is 29.7. The van der Waals surface area contributed by atoms with Crippen LogP contribution in [0, 0.1) is 20.8 Å². The van der Waals surface area contributed by atoms with E-state index in [4.69, 9.17) is 15.7 Å². The molecule has 0 aliphatic carbocycles. The second-order valence-corrected chi connectivity index (χ2v) is 10.1. The summed E-state index contributed by atoms with van der Waals surface area (Å²) in [5.41, 5.74) is 16.5. The van der Waals surface area contributed by atoms with Crippen molar-refractivity contribution in [3.63, 3.8) is 0 Å². The maximum atomic E-state index is 13.3. The van der Waals surface area contributed by atoms with E-state index in [9.17, 15) is 3.89 Å². The van der Waals surface area contributed by atoms with E-state index in [2.05, 4.69) is 68.2 Å². The zero-order chi connectivity index (χ0) is 28.4. The van der Waals surface area contributed by atoms with Gasteiger partial charge in [0.1, 0.15) is 0 Å². The van der Waals surface area contributed by atoms with E-state index in [0.29, 0.717) is 24.5 Å². The molecule has 6 heteroatoms. The van der Waals surface area contributed by atoms with E-state index in [-0.39, 0.29) is 17.1 Å². The van der Waals surface area contributed by atoms with E-state index in [1.165, 1.54) is 28.5 Å². The highest BCUT2D eigenvalue weighted by Gasteiger charge is 2.09. The van der Waals surface area contributed by atoms with Gasteiger partial charge in [0.25, 0.3) is 0 Å². The van der Waals surface area contributed by atoms with Crippen LogP contribution in [0.2, 0.25) is 0 Å². The fourth-order valence-electron chi connectivity index (χ4n) is 4.28. The van der Waals surface area contributed by atoms with Crippen molar-refractivity contribution < 1.29 is 3.89 Å². The average molecular weight is 541 g/mol. The maximum absolute atomic E-state index is 13.3. The lowest BCUT2D eigenvalue weighted by molar-refractivity contribution is 0.887. The van der Waals surface area contributed by atoms with Crippen molar-refractivity contribution in [1.82, 2.24) is 5.32 Å². The number of nitrogens with two attached hydrogens (primary N) is 1. The summed E-state index contributed by atoms with van der Waals surface area (Å²) in [6.07, 6.45) is 3.17. The number of nitrogens with one attached hydrogen (secondary N) is 1. The van der Waals surface area contributed by atoms with Crippen LogP contribution in [-0.4, -0.2) is 11.4 Å². The third-order valence-electron chi connectivity index (χ3n) is 6.47. The molecule has 3 aromatic rings. The number of hydrogen-bond donors (Lipinski definition) is 2. The normalized spacial score (nSPS) is 13.0. The third kappa shape index (κ3) is 8.29. The number of benzene rings is 3.